The second kappa shape index (κ2) is 11.7. The molecular weight excluding hydrogens is 472 g/mol. The molecule has 3 rings (SSSR count). The molecule has 0 saturated carbocycles. The zero-order valence-corrected chi connectivity index (χ0v) is 24.4. The van der Waals surface area contributed by atoms with E-state index < -0.39 is 5.92 Å². The molecular formula is C34H44O4. The second-order valence-corrected chi connectivity index (χ2v) is 11.8. The normalized spacial score (nSPS) is 16.1. The Labute approximate surface area is 229 Å². The Morgan fingerprint density at radius 3 is 1.76 bits per heavy atom. The first-order chi connectivity index (χ1) is 17.8. The molecule has 1 aliphatic carbocycles. The standard InChI is InChI=1S/C34H44O4/c1-9-32(4,5)38-29-22-18-27(19-23-29)33(6,7)26-16-20-28(21-17-26)37-31(36)25-14-12-24(13-15-25)30(35)34(8,10-2)11-3/h12-14,16-23,25H,9-11,15H2,1-8H3. The molecule has 1 aliphatic rings. The Morgan fingerprint density at radius 2 is 1.32 bits per heavy atom. The molecule has 0 saturated heterocycles. The fourth-order valence-corrected chi connectivity index (χ4v) is 4.51. The lowest BCUT2D eigenvalue weighted by atomic mass is 9.76. The summed E-state index contributed by atoms with van der Waals surface area (Å²) in [6, 6.07) is 16.0. The maximum atomic E-state index is 12.9. The third-order valence-electron chi connectivity index (χ3n) is 8.39. The molecule has 0 bridgehead atoms. The average Bonchev–Trinajstić information content (AvgIpc) is 2.92. The molecule has 0 heterocycles. The van der Waals surface area contributed by atoms with E-state index in [-0.39, 0.29) is 28.2 Å². The summed E-state index contributed by atoms with van der Waals surface area (Å²) in [6.45, 7) is 16.8. The number of hydrogen-bond acceptors (Lipinski definition) is 4. The van der Waals surface area contributed by atoms with Gasteiger partial charge in [-0.15, -0.1) is 0 Å². The number of carbonyl (C=O) groups excluding carboxylic acids is 2. The summed E-state index contributed by atoms with van der Waals surface area (Å²) in [6.07, 6.45) is 8.46. The highest BCUT2D eigenvalue weighted by Gasteiger charge is 2.32. The van der Waals surface area contributed by atoms with E-state index in [0.29, 0.717) is 17.7 Å². The predicted octanol–water partition coefficient (Wildman–Crippen LogP) is 8.38. The van der Waals surface area contributed by atoms with Crippen LogP contribution in [0.5, 0.6) is 11.5 Å². The molecule has 0 radical (unpaired) electrons. The van der Waals surface area contributed by atoms with Gasteiger partial charge in [-0.05, 0) is 74.9 Å². The number of rotatable bonds is 11. The topological polar surface area (TPSA) is 52.6 Å². The van der Waals surface area contributed by atoms with E-state index in [4.69, 9.17) is 9.47 Å². The van der Waals surface area contributed by atoms with E-state index >= 15 is 0 Å². The molecule has 4 nitrogen and oxygen atoms in total. The van der Waals surface area contributed by atoms with Gasteiger partial charge in [0.15, 0.2) is 5.78 Å². The quantitative estimate of drug-likeness (QED) is 0.222. The summed E-state index contributed by atoms with van der Waals surface area (Å²) < 4.78 is 11.8. The van der Waals surface area contributed by atoms with Crippen molar-refractivity contribution in [2.24, 2.45) is 11.3 Å². The minimum absolute atomic E-state index is 0.149. The molecule has 1 unspecified atom stereocenters. The van der Waals surface area contributed by atoms with E-state index in [2.05, 4.69) is 46.8 Å². The van der Waals surface area contributed by atoms with Crippen molar-refractivity contribution in [1.29, 1.82) is 0 Å². The third kappa shape index (κ3) is 6.64. The number of benzene rings is 2. The first-order valence-corrected chi connectivity index (χ1v) is 13.9. The van der Waals surface area contributed by atoms with E-state index in [0.717, 1.165) is 30.6 Å². The maximum Gasteiger partial charge on any atom is 0.318 e. The van der Waals surface area contributed by atoms with Crippen molar-refractivity contribution in [2.75, 3.05) is 0 Å². The van der Waals surface area contributed by atoms with Gasteiger partial charge in [0.1, 0.15) is 17.1 Å². The monoisotopic (exact) mass is 516 g/mol. The third-order valence-corrected chi connectivity index (χ3v) is 8.39. The zero-order chi connectivity index (χ0) is 28.1. The number of hydrogen-bond donors (Lipinski definition) is 0. The van der Waals surface area contributed by atoms with Gasteiger partial charge in [-0.1, -0.05) is 84.0 Å². The summed E-state index contributed by atoms with van der Waals surface area (Å²) in [4.78, 5) is 25.7. The van der Waals surface area contributed by atoms with Gasteiger partial charge in [0.25, 0.3) is 0 Å². The fourth-order valence-electron chi connectivity index (χ4n) is 4.51. The van der Waals surface area contributed by atoms with Crippen molar-refractivity contribution >= 4 is 11.8 Å². The van der Waals surface area contributed by atoms with Crippen LogP contribution in [0.3, 0.4) is 0 Å². The largest absolute Gasteiger partial charge is 0.488 e. The number of Topliss-reactive ketones (excluding diaryl/α,β-unsaturated/α-hetero) is 1. The lowest BCUT2D eigenvalue weighted by molar-refractivity contribution is -0.137. The summed E-state index contributed by atoms with van der Waals surface area (Å²) in [5.74, 6) is 0.831. The summed E-state index contributed by atoms with van der Waals surface area (Å²) in [5.41, 5.74) is 2.21. The number of ketones is 1. The van der Waals surface area contributed by atoms with Crippen LogP contribution in [0.25, 0.3) is 0 Å². The Balaban J connectivity index is 1.63. The van der Waals surface area contributed by atoms with Crippen LogP contribution in [0.4, 0.5) is 0 Å². The van der Waals surface area contributed by atoms with E-state index in [9.17, 15) is 9.59 Å². The number of carbonyl (C=O) groups is 2. The van der Waals surface area contributed by atoms with Crippen molar-refractivity contribution < 1.29 is 19.1 Å². The van der Waals surface area contributed by atoms with Crippen molar-refractivity contribution in [3.8, 4) is 11.5 Å². The van der Waals surface area contributed by atoms with Gasteiger partial charge in [0.2, 0.25) is 0 Å². The summed E-state index contributed by atoms with van der Waals surface area (Å²) in [5, 5.41) is 0. The lowest BCUT2D eigenvalue weighted by Crippen LogP contribution is -2.28. The minimum atomic E-state index is -0.393. The molecule has 0 spiro atoms. The van der Waals surface area contributed by atoms with Crippen LogP contribution in [-0.2, 0) is 15.0 Å². The maximum absolute atomic E-state index is 12.9. The Kier molecular flexibility index (Phi) is 9.07. The van der Waals surface area contributed by atoms with E-state index in [1.54, 1.807) is 12.2 Å². The van der Waals surface area contributed by atoms with Gasteiger partial charge in [0.05, 0.1) is 5.92 Å². The molecule has 0 amide bonds. The molecule has 0 aromatic heterocycles. The van der Waals surface area contributed by atoms with E-state index in [1.807, 2.05) is 63.2 Å². The highest BCUT2D eigenvalue weighted by molar-refractivity contribution is 6.02. The van der Waals surface area contributed by atoms with Crippen LogP contribution >= 0.6 is 0 Å². The molecule has 0 N–H and O–H groups in total. The first-order valence-electron chi connectivity index (χ1n) is 13.9. The van der Waals surface area contributed by atoms with Gasteiger partial charge in [0, 0.05) is 16.4 Å². The van der Waals surface area contributed by atoms with Crippen molar-refractivity contribution in [3.63, 3.8) is 0 Å². The predicted molar refractivity (Wildman–Crippen MR) is 155 cm³/mol. The molecule has 2 aromatic rings. The second-order valence-electron chi connectivity index (χ2n) is 11.8. The summed E-state index contributed by atoms with van der Waals surface area (Å²) >= 11 is 0. The van der Waals surface area contributed by atoms with Crippen LogP contribution in [0.2, 0.25) is 0 Å². The van der Waals surface area contributed by atoms with Crippen molar-refractivity contribution in [2.45, 2.75) is 92.1 Å². The highest BCUT2D eigenvalue weighted by Crippen LogP contribution is 2.35. The van der Waals surface area contributed by atoms with Crippen molar-refractivity contribution in [3.05, 3.63) is 83.5 Å². The number of allylic oxidation sites excluding steroid dienone is 3. The molecule has 4 heteroatoms. The van der Waals surface area contributed by atoms with Gasteiger partial charge in [-0.2, -0.15) is 0 Å². The van der Waals surface area contributed by atoms with Crippen LogP contribution in [0, 0.1) is 11.3 Å². The Bertz CT molecular complexity index is 1180. The molecule has 0 aliphatic heterocycles. The smallest absolute Gasteiger partial charge is 0.318 e. The van der Waals surface area contributed by atoms with Crippen molar-refractivity contribution in [1.82, 2.24) is 0 Å². The fraction of sp³-hybridized carbons (Fsp3) is 0.471. The van der Waals surface area contributed by atoms with E-state index in [1.165, 1.54) is 5.56 Å². The van der Waals surface area contributed by atoms with Gasteiger partial charge < -0.3 is 9.47 Å². The Morgan fingerprint density at radius 1 is 0.789 bits per heavy atom. The summed E-state index contributed by atoms with van der Waals surface area (Å²) in [7, 11) is 0. The van der Waals surface area contributed by atoms with Gasteiger partial charge in [-0.25, -0.2) is 0 Å². The number of esters is 1. The highest BCUT2D eigenvalue weighted by atomic mass is 16.5. The van der Waals surface area contributed by atoms with Crippen LogP contribution < -0.4 is 9.47 Å². The minimum Gasteiger partial charge on any atom is -0.488 e. The molecule has 38 heavy (non-hydrogen) atoms. The molecule has 204 valence electrons. The van der Waals surface area contributed by atoms with Crippen LogP contribution in [0.15, 0.2) is 72.3 Å². The molecule has 2 aromatic carbocycles. The number of ether oxygens (including phenoxy) is 2. The first kappa shape index (κ1) is 29.4. The zero-order valence-electron chi connectivity index (χ0n) is 24.4. The SMILES string of the molecule is CCC(C)(C)Oc1ccc(C(C)(C)c2ccc(OC(=O)C3C=CC(C(=O)C(C)(CC)CC)=CC3)cc2)cc1. The lowest BCUT2D eigenvalue weighted by Gasteiger charge is -2.28. The van der Waals surface area contributed by atoms with Gasteiger partial charge >= 0.3 is 5.97 Å². The molecule has 1 atom stereocenters. The van der Waals surface area contributed by atoms with Gasteiger partial charge in [-0.3, -0.25) is 9.59 Å². The van der Waals surface area contributed by atoms with Crippen LogP contribution in [-0.4, -0.2) is 17.4 Å². The Hall–Kier alpha value is -3.14. The van der Waals surface area contributed by atoms with Crippen LogP contribution in [0.1, 0.15) is 92.2 Å². The molecule has 0 fully saturated rings. The average molecular weight is 517 g/mol.